The first-order valence-electron chi connectivity index (χ1n) is 6.26. The molecule has 0 aromatic heterocycles. The summed E-state index contributed by atoms with van der Waals surface area (Å²) in [6.45, 7) is 2.78. The Morgan fingerprint density at radius 3 is 2.95 bits per heavy atom. The van der Waals surface area contributed by atoms with E-state index in [0.29, 0.717) is 18.2 Å². The molecule has 0 radical (unpaired) electrons. The number of hydrogen-bond acceptors (Lipinski definition) is 3. The summed E-state index contributed by atoms with van der Waals surface area (Å²) in [7, 11) is 0. The normalized spacial score (nSPS) is 19.5. The third kappa shape index (κ3) is 5.03. The summed E-state index contributed by atoms with van der Waals surface area (Å²) in [4.78, 5) is 11.6. The molecule has 2 N–H and O–H groups in total. The van der Waals surface area contributed by atoms with Gasteiger partial charge in [0.1, 0.15) is 0 Å². The van der Waals surface area contributed by atoms with Gasteiger partial charge >= 0.3 is 0 Å². The van der Waals surface area contributed by atoms with Crippen molar-refractivity contribution in [3.63, 3.8) is 0 Å². The molecule has 1 amide bonds. The minimum Gasteiger partial charge on any atom is -0.378 e. The molecule has 1 saturated heterocycles. The maximum atomic E-state index is 11.6. The van der Waals surface area contributed by atoms with Crippen LogP contribution in [0.3, 0.4) is 0 Å². The monoisotopic (exact) mass is 280 g/mol. The molecule has 102 valence electrons. The molecule has 1 aliphatic heterocycles. The highest BCUT2D eigenvalue weighted by Gasteiger charge is 2.12. The maximum absolute atomic E-state index is 11.6. The molecule has 0 spiro atoms. The van der Waals surface area contributed by atoms with Crippen molar-refractivity contribution in [2.24, 2.45) is 0 Å². The van der Waals surface area contributed by atoms with Gasteiger partial charge in [0.2, 0.25) is 5.91 Å². The van der Waals surface area contributed by atoms with Gasteiger partial charge in [-0.25, -0.2) is 0 Å². The zero-order valence-corrected chi connectivity index (χ0v) is 11.3. The van der Waals surface area contributed by atoms with Gasteiger partial charge < -0.3 is 15.4 Å². The number of carbonyl (C=O) groups excluding carboxylic acids is 1. The van der Waals surface area contributed by atoms with E-state index in [9.17, 15) is 4.79 Å². The largest absolute Gasteiger partial charge is 0.378 e. The van der Waals surface area contributed by atoms with Crippen molar-refractivity contribution in [1.29, 1.82) is 0 Å². The highest BCUT2D eigenvalue weighted by molar-refractivity contribution is 6.30. The standard InChI is InChI=1S/C14H17ClN2O2/c15-12-4-1-11(2-5-12)3-6-14(18)17-9-13-10-19-8-7-16-13/h1-6,13,16H,7-10H2,(H,17,18)/b6-3+. The maximum Gasteiger partial charge on any atom is 0.244 e. The Labute approximate surface area is 117 Å². The number of carbonyl (C=O) groups is 1. The van der Waals surface area contributed by atoms with E-state index in [-0.39, 0.29) is 11.9 Å². The number of amides is 1. The van der Waals surface area contributed by atoms with Crippen LogP contribution in [0.5, 0.6) is 0 Å². The average Bonchev–Trinajstić information content (AvgIpc) is 2.45. The van der Waals surface area contributed by atoms with Crippen molar-refractivity contribution < 1.29 is 9.53 Å². The Morgan fingerprint density at radius 1 is 1.47 bits per heavy atom. The van der Waals surface area contributed by atoms with Gasteiger partial charge in [0.25, 0.3) is 0 Å². The zero-order chi connectivity index (χ0) is 13.5. The number of hydrogen-bond donors (Lipinski definition) is 2. The molecule has 1 heterocycles. The highest BCUT2D eigenvalue weighted by atomic mass is 35.5. The molecule has 0 aliphatic carbocycles. The van der Waals surface area contributed by atoms with Gasteiger partial charge in [-0.15, -0.1) is 0 Å². The van der Waals surface area contributed by atoms with Crippen molar-refractivity contribution >= 4 is 23.6 Å². The first kappa shape index (κ1) is 14.1. The Bertz CT molecular complexity index is 439. The van der Waals surface area contributed by atoms with Crippen LogP contribution < -0.4 is 10.6 Å². The number of ether oxygens (including phenoxy) is 1. The second-order valence-electron chi connectivity index (χ2n) is 4.36. The molecule has 4 nitrogen and oxygen atoms in total. The Morgan fingerprint density at radius 2 is 2.26 bits per heavy atom. The van der Waals surface area contributed by atoms with E-state index in [0.717, 1.165) is 18.7 Å². The van der Waals surface area contributed by atoms with Crippen LogP contribution in [0, 0.1) is 0 Å². The molecule has 5 heteroatoms. The number of nitrogens with one attached hydrogen (secondary N) is 2. The van der Waals surface area contributed by atoms with E-state index >= 15 is 0 Å². The SMILES string of the molecule is O=C(/C=C/c1ccc(Cl)cc1)NCC1COCCN1. The predicted octanol–water partition coefficient (Wildman–Crippen LogP) is 1.46. The second kappa shape index (κ2) is 7.28. The number of rotatable bonds is 4. The zero-order valence-electron chi connectivity index (χ0n) is 10.6. The summed E-state index contributed by atoms with van der Waals surface area (Å²) in [6.07, 6.45) is 3.28. The molecule has 1 aromatic rings. The summed E-state index contributed by atoms with van der Waals surface area (Å²) in [5, 5.41) is 6.80. The van der Waals surface area contributed by atoms with Crippen LogP contribution >= 0.6 is 11.6 Å². The van der Waals surface area contributed by atoms with Gasteiger partial charge in [-0.05, 0) is 23.8 Å². The summed E-state index contributed by atoms with van der Waals surface area (Å²) in [6, 6.07) is 7.51. The van der Waals surface area contributed by atoms with Gasteiger partial charge in [-0.2, -0.15) is 0 Å². The van der Waals surface area contributed by atoms with E-state index in [1.807, 2.05) is 12.1 Å². The Balaban J connectivity index is 1.75. The van der Waals surface area contributed by atoms with Gasteiger partial charge in [0.15, 0.2) is 0 Å². The molecule has 1 fully saturated rings. The van der Waals surface area contributed by atoms with E-state index in [4.69, 9.17) is 16.3 Å². The molecule has 1 atom stereocenters. The first-order chi connectivity index (χ1) is 9.24. The minimum atomic E-state index is -0.109. The molecule has 0 bridgehead atoms. The van der Waals surface area contributed by atoms with Crippen LogP contribution in [0.25, 0.3) is 6.08 Å². The molecule has 2 rings (SSSR count). The summed E-state index contributed by atoms with van der Waals surface area (Å²) >= 11 is 5.79. The third-order valence-corrected chi connectivity index (χ3v) is 3.07. The van der Waals surface area contributed by atoms with E-state index in [1.165, 1.54) is 6.08 Å². The van der Waals surface area contributed by atoms with E-state index < -0.39 is 0 Å². The van der Waals surface area contributed by atoms with Gasteiger partial charge in [-0.1, -0.05) is 23.7 Å². The molecule has 1 aromatic carbocycles. The van der Waals surface area contributed by atoms with E-state index in [1.54, 1.807) is 18.2 Å². The van der Waals surface area contributed by atoms with Crippen LogP contribution in [-0.4, -0.2) is 38.3 Å². The lowest BCUT2D eigenvalue weighted by Crippen LogP contribution is -2.48. The second-order valence-corrected chi connectivity index (χ2v) is 4.79. The topological polar surface area (TPSA) is 50.4 Å². The van der Waals surface area contributed by atoms with Crippen molar-refractivity contribution in [2.45, 2.75) is 6.04 Å². The quantitative estimate of drug-likeness (QED) is 0.821. The lowest BCUT2D eigenvalue weighted by molar-refractivity contribution is -0.116. The fourth-order valence-corrected chi connectivity index (χ4v) is 1.91. The number of halogens is 1. The first-order valence-corrected chi connectivity index (χ1v) is 6.64. The van der Waals surface area contributed by atoms with E-state index in [2.05, 4.69) is 10.6 Å². The van der Waals surface area contributed by atoms with Gasteiger partial charge in [-0.3, -0.25) is 4.79 Å². The minimum absolute atomic E-state index is 0.109. The summed E-state index contributed by atoms with van der Waals surface area (Å²) in [5.74, 6) is -0.109. The number of morpholine rings is 1. The van der Waals surface area contributed by atoms with Gasteiger partial charge in [0, 0.05) is 30.2 Å². The van der Waals surface area contributed by atoms with Crippen LogP contribution in [0.2, 0.25) is 5.02 Å². The fraction of sp³-hybridized carbons (Fsp3) is 0.357. The Kier molecular flexibility index (Phi) is 5.39. The summed E-state index contributed by atoms with van der Waals surface area (Å²) in [5.41, 5.74) is 0.943. The predicted molar refractivity (Wildman–Crippen MR) is 76.1 cm³/mol. The van der Waals surface area contributed by atoms with Crippen molar-refractivity contribution in [3.05, 3.63) is 40.9 Å². The lowest BCUT2D eigenvalue weighted by Gasteiger charge is -2.23. The van der Waals surface area contributed by atoms with Crippen molar-refractivity contribution in [1.82, 2.24) is 10.6 Å². The molecular formula is C14H17ClN2O2. The number of benzene rings is 1. The van der Waals surface area contributed by atoms with Crippen molar-refractivity contribution in [2.75, 3.05) is 26.3 Å². The molecule has 0 saturated carbocycles. The van der Waals surface area contributed by atoms with Crippen LogP contribution in [0.1, 0.15) is 5.56 Å². The van der Waals surface area contributed by atoms with Crippen LogP contribution in [0.4, 0.5) is 0 Å². The smallest absolute Gasteiger partial charge is 0.244 e. The van der Waals surface area contributed by atoms with Crippen LogP contribution in [-0.2, 0) is 9.53 Å². The van der Waals surface area contributed by atoms with Crippen molar-refractivity contribution in [3.8, 4) is 0 Å². The van der Waals surface area contributed by atoms with Crippen LogP contribution in [0.15, 0.2) is 30.3 Å². The van der Waals surface area contributed by atoms with Gasteiger partial charge in [0.05, 0.1) is 13.2 Å². The average molecular weight is 281 g/mol. The molecular weight excluding hydrogens is 264 g/mol. The summed E-state index contributed by atoms with van der Waals surface area (Å²) < 4.78 is 5.31. The highest BCUT2D eigenvalue weighted by Crippen LogP contribution is 2.10. The third-order valence-electron chi connectivity index (χ3n) is 2.82. The Hall–Kier alpha value is -1.36. The molecule has 19 heavy (non-hydrogen) atoms. The lowest BCUT2D eigenvalue weighted by atomic mass is 10.2. The fourth-order valence-electron chi connectivity index (χ4n) is 1.78. The molecule has 1 aliphatic rings. The molecule has 1 unspecified atom stereocenters.